The number of halogens is 3. The van der Waals surface area contributed by atoms with Crippen LogP contribution in [0.25, 0.3) is 0 Å². The van der Waals surface area contributed by atoms with Gasteiger partial charge >= 0.3 is 0 Å². The molecule has 1 heterocycles. The molecule has 0 aromatic carbocycles. The van der Waals surface area contributed by atoms with Crippen molar-refractivity contribution >= 4 is 34.8 Å². The minimum atomic E-state index is 0.200. The lowest BCUT2D eigenvalue weighted by Gasteiger charge is -2.30. The molecule has 0 aliphatic rings. The molecule has 0 atom stereocenters. The van der Waals surface area contributed by atoms with E-state index >= 15 is 0 Å². The number of hydrogen-bond donors (Lipinski definition) is 0. The highest BCUT2D eigenvalue weighted by Crippen LogP contribution is 2.30. The van der Waals surface area contributed by atoms with Gasteiger partial charge in [-0.2, -0.15) is 4.98 Å². The van der Waals surface area contributed by atoms with E-state index < -0.39 is 0 Å². The molecule has 0 unspecified atom stereocenters. The Morgan fingerprint density at radius 2 is 1.68 bits per heavy atom. The first-order valence-electron chi connectivity index (χ1n) is 6.23. The third-order valence-electron chi connectivity index (χ3n) is 2.77. The van der Waals surface area contributed by atoms with E-state index in [2.05, 4.69) is 37.6 Å². The van der Waals surface area contributed by atoms with Crippen molar-refractivity contribution in [2.75, 3.05) is 13.2 Å². The normalized spacial score (nSPS) is 11.7. The highest BCUT2D eigenvalue weighted by atomic mass is 35.5. The van der Waals surface area contributed by atoms with E-state index in [9.17, 15) is 0 Å². The van der Waals surface area contributed by atoms with Crippen LogP contribution >= 0.6 is 34.8 Å². The molecule has 0 bridgehead atoms. The summed E-state index contributed by atoms with van der Waals surface area (Å²) in [6, 6.07) is 2.46. The molecule has 19 heavy (non-hydrogen) atoms. The van der Waals surface area contributed by atoms with Crippen LogP contribution in [0.4, 0.5) is 0 Å². The summed E-state index contributed by atoms with van der Waals surface area (Å²) < 4.78 is 5.58. The summed E-state index contributed by atoms with van der Waals surface area (Å²) in [4.78, 5) is 6.34. The average molecular weight is 326 g/mol. The molecule has 0 amide bonds. The summed E-state index contributed by atoms with van der Waals surface area (Å²) in [7, 11) is 0. The van der Waals surface area contributed by atoms with Crippen LogP contribution in [-0.4, -0.2) is 35.1 Å². The fourth-order valence-corrected chi connectivity index (χ4v) is 2.43. The predicted molar refractivity (Wildman–Crippen MR) is 81.7 cm³/mol. The summed E-state index contributed by atoms with van der Waals surface area (Å²) in [6.07, 6.45) is 0. The van der Waals surface area contributed by atoms with E-state index in [1.54, 1.807) is 0 Å². The number of ether oxygens (including phenoxy) is 1. The Balaban J connectivity index is 2.60. The van der Waals surface area contributed by atoms with Gasteiger partial charge in [-0.15, -0.1) is 0 Å². The van der Waals surface area contributed by atoms with Crippen molar-refractivity contribution in [2.45, 2.75) is 39.8 Å². The van der Waals surface area contributed by atoms with E-state index in [1.807, 2.05) is 0 Å². The predicted octanol–water partition coefficient (Wildman–Crippen LogP) is 4.54. The van der Waals surface area contributed by atoms with E-state index in [0.717, 1.165) is 6.54 Å². The second kappa shape index (κ2) is 7.53. The van der Waals surface area contributed by atoms with Crippen LogP contribution in [0.5, 0.6) is 5.88 Å². The van der Waals surface area contributed by atoms with Gasteiger partial charge in [0.1, 0.15) is 11.6 Å². The highest BCUT2D eigenvalue weighted by molar-refractivity contribution is 6.42. The Kier molecular flexibility index (Phi) is 6.67. The van der Waals surface area contributed by atoms with Crippen LogP contribution in [0.2, 0.25) is 15.2 Å². The van der Waals surface area contributed by atoms with Crippen molar-refractivity contribution in [2.24, 2.45) is 0 Å². The molecule has 0 aliphatic carbocycles. The molecule has 1 rings (SSSR count). The largest absolute Gasteiger partial charge is 0.475 e. The smallest absolute Gasteiger partial charge is 0.234 e. The zero-order chi connectivity index (χ0) is 14.6. The number of hydrogen-bond acceptors (Lipinski definition) is 3. The molecule has 3 nitrogen and oxygen atoms in total. The van der Waals surface area contributed by atoms with Gasteiger partial charge in [0.25, 0.3) is 0 Å². The van der Waals surface area contributed by atoms with Crippen LogP contribution in [-0.2, 0) is 0 Å². The van der Waals surface area contributed by atoms with E-state index in [0.29, 0.717) is 34.6 Å². The van der Waals surface area contributed by atoms with Crippen LogP contribution < -0.4 is 4.74 Å². The summed E-state index contributed by atoms with van der Waals surface area (Å²) in [5.74, 6) is 0.323. The molecule has 0 spiro atoms. The van der Waals surface area contributed by atoms with E-state index in [1.165, 1.54) is 6.07 Å². The summed E-state index contributed by atoms with van der Waals surface area (Å²) in [5.41, 5.74) is 0. The van der Waals surface area contributed by atoms with Crippen molar-refractivity contribution in [3.63, 3.8) is 0 Å². The molecule has 1 aromatic heterocycles. The molecule has 1 aromatic rings. The lowest BCUT2D eigenvalue weighted by Crippen LogP contribution is -2.39. The highest BCUT2D eigenvalue weighted by Gasteiger charge is 2.14. The van der Waals surface area contributed by atoms with E-state index in [4.69, 9.17) is 39.5 Å². The second-order valence-corrected chi connectivity index (χ2v) is 5.99. The van der Waals surface area contributed by atoms with Gasteiger partial charge in [-0.05, 0) is 33.8 Å². The molecular weight excluding hydrogens is 307 g/mol. The standard InChI is InChI=1S/C13H19Cl3N2O/c1-8(2)18(9(3)4)5-6-19-13-11(15)7-10(14)12(16)17-13/h7-9H,5-6H2,1-4H3. The van der Waals surface area contributed by atoms with Gasteiger partial charge < -0.3 is 4.74 Å². The molecule has 0 aliphatic heterocycles. The van der Waals surface area contributed by atoms with E-state index in [-0.39, 0.29) is 5.15 Å². The average Bonchev–Trinajstić information content (AvgIpc) is 2.29. The zero-order valence-corrected chi connectivity index (χ0v) is 13.9. The number of aromatic nitrogens is 1. The molecule has 0 saturated heterocycles. The van der Waals surface area contributed by atoms with Crippen molar-refractivity contribution < 1.29 is 4.74 Å². The maximum Gasteiger partial charge on any atom is 0.234 e. The molecule has 108 valence electrons. The molecule has 0 N–H and O–H groups in total. The number of nitrogens with zero attached hydrogens (tertiary/aromatic N) is 2. The quantitative estimate of drug-likeness (QED) is 0.718. The number of pyridine rings is 1. The second-order valence-electron chi connectivity index (χ2n) is 4.82. The molecule has 0 radical (unpaired) electrons. The van der Waals surface area contributed by atoms with Crippen LogP contribution in [0.1, 0.15) is 27.7 Å². The van der Waals surface area contributed by atoms with Gasteiger partial charge in [0.2, 0.25) is 5.88 Å². The van der Waals surface area contributed by atoms with Crippen LogP contribution in [0.3, 0.4) is 0 Å². The first kappa shape index (κ1) is 16.8. The Morgan fingerprint density at radius 3 is 2.21 bits per heavy atom. The fourth-order valence-electron chi connectivity index (χ4n) is 1.89. The molecule has 0 fully saturated rings. The Morgan fingerprint density at radius 1 is 1.11 bits per heavy atom. The monoisotopic (exact) mass is 324 g/mol. The van der Waals surface area contributed by atoms with Crippen molar-refractivity contribution in [3.8, 4) is 5.88 Å². The van der Waals surface area contributed by atoms with Crippen LogP contribution in [0, 0.1) is 0 Å². The van der Waals surface area contributed by atoms with Crippen molar-refractivity contribution in [1.29, 1.82) is 0 Å². The maximum absolute atomic E-state index is 6.00. The Labute approximate surface area is 129 Å². The molecular formula is C13H19Cl3N2O. The summed E-state index contributed by atoms with van der Waals surface area (Å²) in [5, 5.41) is 0.894. The minimum absolute atomic E-state index is 0.200. The van der Waals surface area contributed by atoms with Gasteiger partial charge in [0.15, 0.2) is 5.15 Å². The molecule has 6 heteroatoms. The maximum atomic E-state index is 6.00. The Bertz CT molecular complexity index is 417. The van der Waals surface area contributed by atoms with Crippen LogP contribution in [0.15, 0.2) is 6.07 Å². The summed E-state index contributed by atoms with van der Waals surface area (Å²) in [6.45, 7) is 9.93. The fraction of sp³-hybridized carbons (Fsp3) is 0.615. The Hall–Kier alpha value is -0.220. The van der Waals surface area contributed by atoms with Crippen molar-refractivity contribution in [1.82, 2.24) is 9.88 Å². The minimum Gasteiger partial charge on any atom is -0.475 e. The SMILES string of the molecule is CC(C)N(CCOc1nc(Cl)c(Cl)cc1Cl)C(C)C. The third kappa shape index (κ3) is 4.99. The van der Waals surface area contributed by atoms with Gasteiger partial charge in [-0.3, -0.25) is 4.90 Å². The summed E-state index contributed by atoms with van der Waals surface area (Å²) >= 11 is 17.6. The van der Waals surface area contributed by atoms with Gasteiger partial charge in [0.05, 0.1) is 5.02 Å². The first-order valence-corrected chi connectivity index (χ1v) is 7.36. The van der Waals surface area contributed by atoms with Crippen molar-refractivity contribution in [3.05, 3.63) is 21.3 Å². The van der Waals surface area contributed by atoms with Gasteiger partial charge in [-0.25, -0.2) is 0 Å². The van der Waals surface area contributed by atoms with Gasteiger partial charge in [-0.1, -0.05) is 34.8 Å². The zero-order valence-electron chi connectivity index (χ0n) is 11.6. The lowest BCUT2D eigenvalue weighted by molar-refractivity contribution is 0.140. The van der Waals surface area contributed by atoms with Gasteiger partial charge in [0, 0.05) is 18.6 Å². The number of rotatable bonds is 6. The first-order chi connectivity index (χ1) is 8.82. The molecule has 0 saturated carbocycles. The lowest BCUT2D eigenvalue weighted by atomic mass is 10.2. The topological polar surface area (TPSA) is 25.4 Å². The third-order valence-corrected chi connectivity index (χ3v) is 3.71.